The molecule has 0 aromatic rings. The summed E-state index contributed by atoms with van der Waals surface area (Å²) in [4.78, 5) is 11.8. The van der Waals surface area contributed by atoms with Crippen molar-refractivity contribution < 1.29 is 4.79 Å². The summed E-state index contributed by atoms with van der Waals surface area (Å²) in [5.41, 5.74) is 0. The lowest BCUT2D eigenvalue weighted by Crippen LogP contribution is -2.42. The molecule has 84 valence electrons. The third-order valence-corrected chi connectivity index (χ3v) is 3.60. The first-order valence-electron chi connectivity index (χ1n) is 5.43. The summed E-state index contributed by atoms with van der Waals surface area (Å²) < 4.78 is 0.987. The van der Waals surface area contributed by atoms with E-state index in [1.54, 1.807) is 0 Å². The molecule has 0 heterocycles. The highest BCUT2D eigenvalue weighted by Crippen LogP contribution is 2.11. The average Bonchev–Trinajstić information content (AvgIpc) is 2.15. The standard InChI is InChI=1S/C11H22INO/c1-5-9(6-2)11(14)13-10(7-12)8(3)4/h8-10H,5-7H2,1-4H3,(H,13,14). The number of amides is 1. The third kappa shape index (κ3) is 4.62. The van der Waals surface area contributed by atoms with Crippen molar-refractivity contribution in [3.63, 3.8) is 0 Å². The lowest BCUT2D eigenvalue weighted by molar-refractivity contribution is -0.126. The lowest BCUT2D eigenvalue weighted by Gasteiger charge is -2.22. The first-order chi connectivity index (χ1) is 6.56. The minimum atomic E-state index is 0.194. The Morgan fingerprint density at radius 2 is 1.79 bits per heavy atom. The molecule has 0 bridgehead atoms. The SMILES string of the molecule is CCC(CC)C(=O)NC(CI)C(C)C. The second-order valence-electron chi connectivity index (χ2n) is 4.03. The Balaban J connectivity index is 4.13. The van der Waals surface area contributed by atoms with Crippen LogP contribution in [0.25, 0.3) is 0 Å². The Morgan fingerprint density at radius 1 is 1.29 bits per heavy atom. The normalized spacial score (nSPS) is 13.4. The number of hydrogen-bond donors (Lipinski definition) is 1. The number of carbonyl (C=O) groups excluding carboxylic acids is 1. The van der Waals surface area contributed by atoms with Crippen molar-refractivity contribution in [2.24, 2.45) is 11.8 Å². The van der Waals surface area contributed by atoms with Gasteiger partial charge in [-0.15, -0.1) is 0 Å². The van der Waals surface area contributed by atoms with E-state index < -0.39 is 0 Å². The molecule has 0 aromatic heterocycles. The van der Waals surface area contributed by atoms with Crippen molar-refractivity contribution in [1.82, 2.24) is 5.32 Å². The summed E-state index contributed by atoms with van der Waals surface area (Å²) in [6, 6.07) is 0.323. The monoisotopic (exact) mass is 311 g/mol. The van der Waals surface area contributed by atoms with Gasteiger partial charge in [0, 0.05) is 16.4 Å². The molecule has 1 N–H and O–H groups in total. The quantitative estimate of drug-likeness (QED) is 0.593. The van der Waals surface area contributed by atoms with Crippen LogP contribution < -0.4 is 5.32 Å². The van der Waals surface area contributed by atoms with E-state index in [9.17, 15) is 4.79 Å². The molecule has 0 fully saturated rings. The Kier molecular flexibility index (Phi) is 7.59. The van der Waals surface area contributed by atoms with E-state index in [1.165, 1.54) is 0 Å². The number of alkyl halides is 1. The minimum absolute atomic E-state index is 0.194. The third-order valence-electron chi connectivity index (χ3n) is 2.66. The van der Waals surface area contributed by atoms with Gasteiger partial charge in [-0.05, 0) is 18.8 Å². The molecule has 0 saturated heterocycles. The molecule has 1 amide bonds. The van der Waals surface area contributed by atoms with Gasteiger partial charge in [0.05, 0.1) is 0 Å². The van der Waals surface area contributed by atoms with Gasteiger partial charge in [-0.2, -0.15) is 0 Å². The summed E-state index contributed by atoms with van der Waals surface area (Å²) in [6.07, 6.45) is 1.88. The molecule has 2 nitrogen and oxygen atoms in total. The van der Waals surface area contributed by atoms with E-state index in [4.69, 9.17) is 0 Å². The van der Waals surface area contributed by atoms with E-state index in [-0.39, 0.29) is 11.8 Å². The predicted molar refractivity (Wildman–Crippen MR) is 69.7 cm³/mol. The fourth-order valence-electron chi connectivity index (χ4n) is 1.34. The van der Waals surface area contributed by atoms with Gasteiger partial charge < -0.3 is 5.32 Å². The fourth-order valence-corrected chi connectivity index (χ4v) is 2.58. The van der Waals surface area contributed by atoms with Crippen molar-refractivity contribution in [3.8, 4) is 0 Å². The summed E-state index contributed by atoms with van der Waals surface area (Å²) in [6.45, 7) is 8.44. The molecule has 0 spiro atoms. The molecule has 0 rings (SSSR count). The van der Waals surface area contributed by atoms with Crippen LogP contribution in [-0.2, 0) is 4.79 Å². The molecule has 0 aliphatic carbocycles. The van der Waals surface area contributed by atoms with Crippen molar-refractivity contribution in [2.45, 2.75) is 46.6 Å². The van der Waals surface area contributed by atoms with E-state index in [1.807, 2.05) is 0 Å². The van der Waals surface area contributed by atoms with Crippen LogP contribution in [0.3, 0.4) is 0 Å². The first kappa shape index (κ1) is 14.2. The van der Waals surface area contributed by atoms with Crippen LogP contribution in [0.15, 0.2) is 0 Å². The molecule has 3 heteroatoms. The highest BCUT2D eigenvalue weighted by molar-refractivity contribution is 14.1. The second-order valence-corrected chi connectivity index (χ2v) is 4.91. The minimum Gasteiger partial charge on any atom is -0.352 e. The van der Waals surface area contributed by atoms with Gasteiger partial charge in [0.1, 0.15) is 0 Å². The Morgan fingerprint density at radius 3 is 2.07 bits per heavy atom. The number of halogens is 1. The summed E-state index contributed by atoms with van der Waals surface area (Å²) >= 11 is 2.33. The van der Waals surface area contributed by atoms with Gasteiger partial charge in [0.2, 0.25) is 5.91 Å². The second kappa shape index (κ2) is 7.49. The summed E-state index contributed by atoms with van der Waals surface area (Å²) in [5, 5.41) is 3.12. The van der Waals surface area contributed by atoms with Crippen LogP contribution in [0.5, 0.6) is 0 Å². The van der Waals surface area contributed by atoms with Gasteiger partial charge in [-0.25, -0.2) is 0 Å². The van der Waals surface area contributed by atoms with Crippen LogP contribution in [0.2, 0.25) is 0 Å². The molecule has 0 radical (unpaired) electrons. The Labute approximate surface area is 101 Å². The van der Waals surface area contributed by atoms with Gasteiger partial charge in [0.15, 0.2) is 0 Å². The van der Waals surface area contributed by atoms with Gasteiger partial charge in [-0.1, -0.05) is 50.3 Å². The first-order valence-corrected chi connectivity index (χ1v) is 6.95. The van der Waals surface area contributed by atoms with E-state index in [0.29, 0.717) is 12.0 Å². The maximum Gasteiger partial charge on any atom is 0.223 e. The smallest absolute Gasteiger partial charge is 0.223 e. The molecular weight excluding hydrogens is 289 g/mol. The van der Waals surface area contributed by atoms with Crippen LogP contribution in [0.1, 0.15) is 40.5 Å². The van der Waals surface area contributed by atoms with Gasteiger partial charge >= 0.3 is 0 Å². The van der Waals surface area contributed by atoms with E-state index >= 15 is 0 Å². The molecule has 0 aliphatic rings. The molecule has 0 saturated carbocycles. The van der Waals surface area contributed by atoms with Crippen molar-refractivity contribution in [2.75, 3.05) is 4.43 Å². The van der Waals surface area contributed by atoms with Crippen LogP contribution in [0.4, 0.5) is 0 Å². The molecule has 0 aromatic carbocycles. The number of nitrogens with one attached hydrogen (secondary N) is 1. The fraction of sp³-hybridized carbons (Fsp3) is 0.909. The van der Waals surface area contributed by atoms with Crippen molar-refractivity contribution in [1.29, 1.82) is 0 Å². The Bertz CT molecular complexity index is 167. The zero-order chi connectivity index (χ0) is 11.1. The van der Waals surface area contributed by atoms with Crippen LogP contribution >= 0.6 is 22.6 Å². The topological polar surface area (TPSA) is 29.1 Å². The highest BCUT2D eigenvalue weighted by atomic mass is 127. The average molecular weight is 311 g/mol. The highest BCUT2D eigenvalue weighted by Gasteiger charge is 2.19. The van der Waals surface area contributed by atoms with E-state index in [2.05, 4.69) is 55.6 Å². The summed E-state index contributed by atoms with van der Waals surface area (Å²) in [5.74, 6) is 0.940. The molecular formula is C11H22INO. The molecule has 1 unspecified atom stereocenters. The number of carbonyl (C=O) groups is 1. The predicted octanol–water partition coefficient (Wildman–Crippen LogP) is 3.00. The van der Waals surface area contributed by atoms with Crippen LogP contribution in [-0.4, -0.2) is 16.4 Å². The molecule has 1 atom stereocenters. The largest absolute Gasteiger partial charge is 0.352 e. The maximum atomic E-state index is 11.8. The summed E-state index contributed by atoms with van der Waals surface area (Å²) in [7, 11) is 0. The zero-order valence-electron chi connectivity index (χ0n) is 9.64. The van der Waals surface area contributed by atoms with E-state index in [0.717, 1.165) is 17.3 Å². The Hall–Kier alpha value is 0.200. The van der Waals surface area contributed by atoms with Gasteiger partial charge in [-0.3, -0.25) is 4.79 Å². The van der Waals surface area contributed by atoms with Gasteiger partial charge in [0.25, 0.3) is 0 Å². The zero-order valence-corrected chi connectivity index (χ0v) is 11.8. The van der Waals surface area contributed by atoms with Crippen LogP contribution in [0, 0.1) is 11.8 Å². The maximum absolute atomic E-state index is 11.8. The molecule has 0 aliphatic heterocycles. The number of rotatable bonds is 6. The molecule has 14 heavy (non-hydrogen) atoms. The lowest BCUT2D eigenvalue weighted by atomic mass is 10.0. The van der Waals surface area contributed by atoms with Crippen molar-refractivity contribution in [3.05, 3.63) is 0 Å². The van der Waals surface area contributed by atoms with Crippen molar-refractivity contribution >= 4 is 28.5 Å². The number of hydrogen-bond acceptors (Lipinski definition) is 1.